The molecule has 1 heterocycles. The molecule has 0 spiro atoms. The molecule has 0 aliphatic carbocycles. The van der Waals surface area contributed by atoms with Gasteiger partial charge in [-0.1, -0.05) is 76.9 Å². The van der Waals surface area contributed by atoms with E-state index in [2.05, 4.69) is 21.3 Å². The van der Waals surface area contributed by atoms with Crippen molar-refractivity contribution in [2.24, 2.45) is 17.8 Å². The van der Waals surface area contributed by atoms with E-state index in [4.69, 9.17) is 16.3 Å². The van der Waals surface area contributed by atoms with Crippen molar-refractivity contribution in [2.75, 3.05) is 20.6 Å². The van der Waals surface area contributed by atoms with Crippen LogP contribution in [0.2, 0.25) is 5.02 Å². The Bertz CT molecular complexity index is 1800. The number of esters is 1. The van der Waals surface area contributed by atoms with E-state index >= 15 is 0 Å². The van der Waals surface area contributed by atoms with Crippen molar-refractivity contribution in [3.05, 3.63) is 58.1 Å². The van der Waals surface area contributed by atoms with Crippen molar-refractivity contribution in [1.82, 2.24) is 31.1 Å². The summed E-state index contributed by atoms with van der Waals surface area (Å²) in [6.45, 7) is 18.1. The lowest BCUT2D eigenvalue weighted by molar-refractivity contribution is -0.159. The number of ether oxygens (including phenoxy) is 1. The fourth-order valence-electron chi connectivity index (χ4n) is 6.80. The van der Waals surface area contributed by atoms with Gasteiger partial charge in [-0.2, -0.15) is 0 Å². The number of hydrogen-bond acceptors (Lipinski definition) is 9. The summed E-state index contributed by atoms with van der Waals surface area (Å²) < 4.78 is 5.98. The number of nitrogens with one attached hydrogen (secondary N) is 4. The van der Waals surface area contributed by atoms with Gasteiger partial charge in [-0.25, -0.2) is 4.79 Å². The smallest absolute Gasteiger partial charge is 0.331 e. The summed E-state index contributed by atoms with van der Waals surface area (Å²) in [4.78, 5) is 99.1. The van der Waals surface area contributed by atoms with Gasteiger partial charge in [0.25, 0.3) is 0 Å². The minimum Gasteiger partial charge on any atom is -0.456 e. The highest BCUT2D eigenvalue weighted by atomic mass is 35.5. The number of carbonyl (C=O) groups is 7. The average molecular weight is 874 g/mol. The molecule has 6 amide bonds. The zero-order valence-corrected chi connectivity index (χ0v) is 38.9. The number of rotatable bonds is 7. The third-order valence-corrected chi connectivity index (χ3v) is 11.5. The van der Waals surface area contributed by atoms with Gasteiger partial charge in [0.15, 0.2) is 0 Å². The molecule has 1 aliphatic rings. The molecule has 0 radical (unpaired) electrons. The zero-order valence-electron chi connectivity index (χ0n) is 38.2. The molecular weight excluding hydrogens is 804 g/mol. The van der Waals surface area contributed by atoms with Crippen LogP contribution in [0.4, 0.5) is 0 Å². The molecule has 5 N–H and O–H groups in total. The Balaban J connectivity index is 2.67. The second kappa shape index (κ2) is 23.5. The summed E-state index contributed by atoms with van der Waals surface area (Å²) in [5.74, 6) is -5.53. The largest absolute Gasteiger partial charge is 0.456 e. The van der Waals surface area contributed by atoms with Gasteiger partial charge in [0.1, 0.15) is 35.8 Å². The first-order valence-electron chi connectivity index (χ1n) is 21.0. The summed E-state index contributed by atoms with van der Waals surface area (Å²) >= 11 is 6.12. The number of cyclic esters (lactones) is 1. The van der Waals surface area contributed by atoms with Gasteiger partial charge >= 0.3 is 5.97 Å². The van der Waals surface area contributed by atoms with Crippen LogP contribution in [0.1, 0.15) is 101 Å². The summed E-state index contributed by atoms with van der Waals surface area (Å²) in [6, 6.07) is 2.32. The molecule has 0 aromatic heterocycles. The SMILES string of the molecule is C/C=C(\C)[C@H]1OC(=O)C(C)(C)NC(=O)[C@H]([C@H](C)CC)NC(=O)CN(C)C(=O)[C@@H](Cc2ccc(Cl)cc2)N(C)C(=O)[C@H](C)NC(=O)[C@@H](CC(C)C)NC(=O)/C(C)=C/C[C@H](O)[C@@H]1C. The van der Waals surface area contributed by atoms with Crippen molar-refractivity contribution >= 4 is 53.0 Å². The molecule has 1 aliphatic heterocycles. The van der Waals surface area contributed by atoms with Gasteiger partial charge in [0.2, 0.25) is 35.4 Å². The van der Waals surface area contributed by atoms with E-state index in [0.29, 0.717) is 22.6 Å². The minimum atomic E-state index is -1.58. The highest BCUT2D eigenvalue weighted by Crippen LogP contribution is 2.25. The maximum atomic E-state index is 14.2. The van der Waals surface area contributed by atoms with Crippen LogP contribution in [0.25, 0.3) is 0 Å². The molecule has 61 heavy (non-hydrogen) atoms. The Kier molecular flexibility index (Phi) is 20.1. The number of carbonyl (C=O) groups excluding carboxylic acids is 7. The van der Waals surface area contributed by atoms with E-state index in [1.807, 2.05) is 20.8 Å². The van der Waals surface area contributed by atoms with Crippen LogP contribution >= 0.6 is 11.6 Å². The van der Waals surface area contributed by atoms with E-state index in [-0.39, 0.29) is 30.8 Å². The van der Waals surface area contributed by atoms with Crippen molar-refractivity contribution in [3.63, 3.8) is 0 Å². The van der Waals surface area contributed by atoms with Crippen LogP contribution < -0.4 is 21.3 Å². The zero-order chi connectivity index (χ0) is 46.5. The molecule has 0 saturated heterocycles. The van der Waals surface area contributed by atoms with Gasteiger partial charge in [-0.05, 0) is 89.5 Å². The lowest BCUT2D eigenvalue weighted by Crippen LogP contribution is -2.60. The Morgan fingerprint density at radius 3 is 2.13 bits per heavy atom. The summed E-state index contributed by atoms with van der Waals surface area (Å²) in [6.07, 6.45) is 2.07. The number of amides is 6. The Labute approximate surface area is 366 Å². The molecule has 2 rings (SSSR count). The molecule has 1 aromatic rings. The van der Waals surface area contributed by atoms with Crippen LogP contribution in [0.15, 0.2) is 47.6 Å². The van der Waals surface area contributed by atoms with Crippen LogP contribution in [-0.2, 0) is 44.7 Å². The van der Waals surface area contributed by atoms with Crippen molar-refractivity contribution < 1.29 is 43.4 Å². The minimum absolute atomic E-state index is 0.00584. The first-order valence-corrected chi connectivity index (χ1v) is 21.4. The third-order valence-electron chi connectivity index (χ3n) is 11.3. The Hall–Kier alpha value is -4.76. The Morgan fingerprint density at radius 2 is 1.57 bits per heavy atom. The first-order chi connectivity index (χ1) is 28.3. The lowest BCUT2D eigenvalue weighted by Gasteiger charge is -2.34. The summed E-state index contributed by atoms with van der Waals surface area (Å²) in [5.41, 5.74) is -0.0370. The quantitative estimate of drug-likeness (QED) is 0.199. The number of aliphatic hydroxyl groups is 1. The predicted molar refractivity (Wildman–Crippen MR) is 235 cm³/mol. The van der Waals surface area contributed by atoms with Gasteiger partial charge in [0.05, 0.1) is 12.6 Å². The van der Waals surface area contributed by atoms with Crippen LogP contribution in [0.3, 0.4) is 0 Å². The third kappa shape index (κ3) is 15.3. The van der Waals surface area contributed by atoms with Crippen molar-refractivity contribution in [2.45, 2.75) is 144 Å². The Morgan fingerprint density at radius 1 is 0.967 bits per heavy atom. The first kappa shape index (κ1) is 52.4. The van der Waals surface area contributed by atoms with Gasteiger partial charge in [0, 0.05) is 37.0 Å². The fourth-order valence-corrected chi connectivity index (χ4v) is 6.92. The van der Waals surface area contributed by atoms with E-state index in [0.717, 1.165) is 4.90 Å². The lowest BCUT2D eigenvalue weighted by atomic mass is 9.90. The molecule has 1 aromatic carbocycles. The number of nitrogens with zero attached hydrogens (tertiary/aromatic N) is 2. The number of hydrogen-bond donors (Lipinski definition) is 5. The molecule has 0 saturated carbocycles. The predicted octanol–water partition coefficient (Wildman–Crippen LogP) is 3.85. The number of likely N-dealkylation sites (N-methyl/N-ethyl adjacent to an activating group) is 2. The molecule has 16 heteroatoms. The van der Waals surface area contributed by atoms with Crippen molar-refractivity contribution in [1.29, 1.82) is 0 Å². The van der Waals surface area contributed by atoms with E-state index < -0.39 is 102 Å². The molecule has 0 bridgehead atoms. The molecule has 0 unspecified atom stereocenters. The van der Waals surface area contributed by atoms with Gasteiger partial charge in [-0.15, -0.1) is 0 Å². The molecular formula is C45H69ClN6O9. The topological polar surface area (TPSA) is 204 Å². The number of allylic oxidation sites excluding steroid dienone is 1. The monoisotopic (exact) mass is 872 g/mol. The maximum Gasteiger partial charge on any atom is 0.331 e. The van der Waals surface area contributed by atoms with Crippen molar-refractivity contribution in [3.8, 4) is 0 Å². The number of halogens is 1. The molecule has 340 valence electrons. The average Bonchev–Trinajstić information content (AvgIpc) is 3.20. The van der Waals surface area contributed by atoms with E-state index in [1.54, 1.807) is 65.0 Å². The van der Waals surface area contributed by atoms with E-state index in [1.165, 1.54) is 45.8 Å². The van der Waals surface area contributed by atoms with Crippen LogP contribution in [0.5, 0.6) is 0 Å². The normalized spacial score (nSPS) is 27.9. The highest BCUT2D eigenvalue weighted by Gasteiger charge is 2.40. The fraction of sp³-hybridized carbons (Fsp3) is 0.622. The second-order valence-electron chi connectivity index (χ2n) is 17.3. The number of aliphatic hydroxyl groups excluding tert-OH is 1. The van der Waals surface area contributed by atoms with Gasteiger partial charge in [-0.3, -0.25) is 28.8 Å². The molecule has 0 fully saturated rings. The summed E-state index contributed by atoms with van der Waals surface area (Å²) in [7, 11) is 2.84. The number of benzene rings is 1. The molecule has 15 nitrogen and oxygen atoms in total. The standard InChI is InChI=1S/C45H69ClN6O9/c1-14-26(5)37-41(57)50-45(10,11)44(60)61-38(27(6)15-2)29(8)35(53)21-16-28(7)39(55)48-33(22-25(3)4)40(56)47-30(9)42(58)52(13)34(23-31-17-19-32(46)20-18-31)43(59)51(12)24-36(54)49-37/h15-20,25-26,29-30,33-35,37-38,53H,14,21-24H2,1-13H3,(H,47,56)(H,48,55)(H,49,54)(H,50,57)/b27-15+,28-16+/t26-,29+,30+,33-,34-,35+,37+,38-/m1/s1. The van der Waals surface area contributed by atoms with Gasteiger partial charge < -0.3 is 40.9 Å². The van der Waals surface area contributed by atoms with Crippen LogP contribution in [-0.4, -0.2) is 119 Å². The molecule has 8 atom stereocenters. The van der Waals surface area contributed by atoms with Crippen LogP contribution in [0, 0.1) is 17.8 Å². The second-order valence-corrected chi connectivity index (χ2v) is 17.8. The maximum absolute atomic E-state index is 14.2. The van der Waals surface area contributed by atoms with E-state index in [9.17, 15) is 38.7 Å². The highest BCUT2D eigenvalue weighted by molar-refractivity contribution is 6.30. The summed E-state index contributed by atoms with van der Waals surface area (Å²) in [5, 5.41) is 22.7.